The van der Waals surface area contributed by atoms with Crippen LogP contribution in [0.3, 0.4) is 0 Å². The minimum atomic E-state index is -0.331. The van der Waals surface area contributed by atoms with Gasteiger partial charge in [-0.3, -0.25) is 9.59 Å². The Morgan fingerprint density at radius 2 is 2.19 bits per heavy atom. The van der Waals surface area contributed by atoms with Gasteiger partial charge in [0, 0.05) is 24.7 Å². The van der Waals surface area contributed by atoms with Crippen molar-refractivity contribution in [1.29, 1.82) is 5.26 Å². The van der Waals surface area contributed by atoms with Crippen LogP contribution < -0.4 is 16.2 Å². The third-order valence-corrected chi connectivity index (χ3v) is 5.20. The zero-order valence-corrected chi connectivity index (χ0v) is 16.9. The summed E-state index contributed by atoms with van der Waals surface area (Å²) in [6.45, 7) is 2.35. The molecule has 0 spiro atoms. The molecule has 1 saturated carbocycles. The Kier molecular flexibility index (Phi) is 5.75. The molecule has 3 aromatic heterocycles. The van der Waals surface area contributed by atoms with Gasteiger partial charge in [0.2, 0.25) is 5.76 Å². The molecule has 0 aliphatic heterocycles. The highest BCUT2D eigenvalue weighted by Gasteiger charge is 2.25. The highest BCUT2D eigenvalue weighted by molar-refractivity contribution is 5.91. The zero-order valence-electron chi connectivity index (χ0n) is 16.9. The smallest absolute Gasteiger partial charge is 0.289 e. The van der Waals surface area contributed by atoms with E-state index < -0.39 is 0 Å². The predicted molar refractivity (Wildman–Crippen MR) is 111 cm³/mol. The van der Waals surface area contributed by atoms with Crippen LogP contribution in [0.5, 0.6) is 0 Å². The van der Waals surface area contributed by atoms with E-state index >= 15 is 0 Å². The number of nitrogens with one attached hydrogen (secondary N) is 2. The Labute approximate surface area is 177 Å². The number of aromatic nitrogens is 4. The van der Waals surface area contributed by atoms with E-state index in [0.29, 0.717) is 29.7 Å². The van der Waals surface area contributed by atoms with Gasteiger partial charge in [0.25, 0.3) is 11.5 Å². The summed E-state index contributed by atoms with van der Waals surface area (Å²) in [5, 5.41) is 23.0. The molecule has 3 aromatic rings. The number of pyridine rings is 1. The third-order valence-electron chi connectivity index (χ3n) is 5.20. The van der Waals surface area contributed by atoms with Crippen molar-refractivity contribution in [3.8, 4) is 11.8 Å². The molecule has 4 rings (SSSR count). The Balaban J connectivity index is 1.31. The maximum atomic E-state index is 12.1. The molecule has 0 radical (unpaired) electrons. The van der Waals surface area contributed by atoms with Gasteiger partial charge < -0.3 is 15.2 Å². The monoisotopic (exact) mass is 419 g/mol. The molecule has 2 N–H and O–H groups in total. The molecular formula is C21H21N7O3. The minimum Gasteiger partial charge on any atom is -0.367 e. The normalized spacial score (nSPS) is 17.8. The van der Waals surface area contributed by atoms with Gasteiger partial charge in [-0.05, 0) is 50.3 Å². The van der Waals surface area contributed by atoms with Crippen LogP contribution >= 0.6 is 0 Å². The first-order valence-electron chi connectivity index (χ1n) is 9.97. The van der Waals surface area contributed by atoms with Crippen LogP contribution in [0.25, 0.3) is 5.69 Å². The summed E-state index contributed by atoms with van der Waals surface area (Å²) in [6.07, 6.45) is 4.41. The fourth-order valence-corrected chi connectivity index (χ4v) is 3.65. The van der Waals surface area contributed by atoms with Crippen molar-refractivity contribution in [2.45, 2.75) is 32.2 Å². The van der Waals surface area contributed by atoms with Crippen LogP contribution in [-0.4, -0.2) is 38.4 Å². The van der Waals surface area contributed by atoms with Crippen molar-refractivity contribution in [2.24, 2.45) is 5.92 Å². The van der Waals surface area contributed by atoms with Gasteiger partial charge in [0.15, 0.2) is 5.69 Å². The van der Waals surface area contributed by atoms with Crippen LogP contribution in [0.2, 0.25) is 0 Å². The number of hydrogen-bond donors (Lipinski definition) is 2. The van der Waals surface area contributed by atoms with E-state index in [1.807, 2.05) is 6.07 Å². The molecule has 1 aliphatic carbocycles. The van der Waals surface area contributed by atoms with Gasteiger partial charge >= 0.3 is 0 Å². The molecular weight excluding hydrogens is 398 g/mol. The molecule has 0 saturated heterocycles. The fourth-order valence-electron chi connectivity index (χ4n) is 3.65. The van der Waals surface area contributed by atoms with Crippen LogP contribution in [0.4, 0.5) is 5.82 Å². The summed E-state index contributed by atoms with van der Waals surface area (Å²) in [6, 6.07) is 9.98. The quantitative estimate of drug-likeness (QED) is 0.617. The number of hydrogen-bond acceptors (Lipinski definition) is 8. The van der Waals surface area contributed by atoms with Gasteiger partial charge in [-0.25, -0.2) is 4.98 Å². The second-order valence-electron chi connectivity index (χ2n) is 7.54. The minimum absolute atomic E-state index is 0.157. The number of amides is 1. The van der Waals surface area contributed by atoms with Gasteiger partial charge in [-0.1, -0.05) is 5.16 Å². The molecule has 3 heterocycles. The number of rotatable bonds is 6. The highest BCUT2D eigenvalue weighted by Crippen LogP contribution is 2.27. The average molecular weight is 419 g/mol. The Morgan fingerprint density at radius 3 is 2.90 bits per heavy atom. The van der Waals surface area contributed by atoms with Crippen LogP contribution in [-0.2, 0) is 0 Å². The van der Waals surface area contributed by atoms with Crippen LogP contribution in [0.15, 0.2) is 45.8 Å². The number of nitrogens with zero attached hydrogens (tertiary/aromatic N) is 5. The lowest BCUT2D eigenvalue weighted by Crippen LogP contribution is -2.28. The first-order chi connectivity index (χ1) is 15.0. The van der Waals surface area contributed by atoms with Gasteiger partial charge in [0.1, 0.15) is 11.9 Å². The Hall–Kier alpha value is -4.00. The van der Waals surface area contributed by atoms with E-state index in [0.717, 1.165) is 23.9 Å². The van der Waals surface area contributed by atoms with Gasteiger partial charge in [0.05, 0.1) is 17.6 Å². The molecule has 0 unspecified atom stereocenters. The van der Waals surface area contributed by atoms with Crippen molar-refractivity contribution in [3.05, 3.63) is 64.0 Å². The number of carbonyl (C=O) groups is 1. The summed E-state index contributed by atoms with van der Waals surface area (Å²) in [7, 11) is 0. The molecule has 10 heteroatoms. The number of carbonyl (C=O) groups excluding carboxylic acids is 1. The second kappa shape index (κ2) is 8.79. The molecule has 1 aliphatic rings. The molecule has 1 fully saturated rings. The van der Waals surface area contributed by atoms with E-state index in [1.165, 1.54) is 12.1 Å². The molecule has 0 bridgehead atoms. The number of nitriles is 1. The Morgan fingerprint density at radius 1 is 1.32 bits per heavy atom. The first kappa shape index (κ1) is 20.3. The van der Waals surface area contributed by atoms with Crippen molar-refractivity contribution in [3.63, 3.8) is 0 Å². The van der Waals surface area contributed by atoms with Gasteiger partial charge in [-0.15, -0.1) is 0 Å². The molecule has 10 nitrogen and oxygen atoms in total. The van der Waals surface area contributed by atoms with Crippen molar-refractivity contribution >= 4 is 11.7 Å². The van der Waals surface area contributed by atoms with E-state index in [9.17, 15) is 9.59 Å². The Bertz CT molecular complexity index is 1180. The van der Waals surface area contributed by atoms with E-state index in [-0.39, 0.29) is 29.0 Å². The highest BCUT2D eigenvalue weighted by atomic mass is 16.5. The van der Waals surface area contributed by atoms with Crippen molar-refractivity contribution in [1.82, 2.24) is 25.2 Å². The number of anilines is 1. The molecule has 31 heavy (non-hydrogen) atoms. The summed E-state index contributed by atoms with van der Waals surface area (Å²) in [5.41, 5.74) is 0.988. The predicted octanol–water partition coefficient (Wildman–Crippen LogP) is 1.81. The molecule has 1 amide bonds. The number of aryl methyl sites for hydroxylation is 1. The van der Waals surface area contributed by atoms with Crippen molar-refractivity contribution < 1.29 is 9.32 Å². The molecule has 0 aromatic carbocycles. The maximum absolute atomic E-state index is 12.1. The SMILES string of the molecule is Cc1cc(C(=O)NC[C@H]2CC[C@@H](Nc3ccc(-n4nc(C#N)ccc4=O)cn3)C2)on1. The summed E-state index contributed by atoms with van der Waals surface area (Å²) in [5.74, 6) is 1.03. The third kappa shape index (κ3) is 4.78. The van der Waals surface area contributed by atoms with Crippen LogP contribution in [0.1, 0.15) is 41.2 Å². The lowest BCUT2D eigenvalue weighted by Gasteiger charge is -2.14. The zero-order chi connectivity index (χ0) is 21.8. The summed E-state index contributed by atoms with van der Waals surface area (Å²) < 4.78 is 6.13. The van der Waals surface area contributed by atoms with Crippen LogP contribution in [0, 0.1) is 24.2 Å². The molecule has 158 valence electrons. The van der Waals surface area contributed by atoms with Crippen molar-refractivity contribution in [2.75, 3.05) is 11.9 Å². The average Bonchev–Trinajstić information content (AvgIpc) is 3.42. The topological polar surface area (TPSA) is 139 Å². The van der Waals surface area contributed by atoms with E-state index in [1.54, 1.807) is 31.3 Å². The van der Waals surface area contributed by atoms with Gasteiger partial charge in [-0.2, -0.15) is 15.0 Å². The lowest BCUT2D eigenvalue weighted by molar-refractivity contribution is 0.0910. The van der Waals surface area contributed by atoms with E-state index in [2.05, 4.69) is 25.9 Å². The second-order valence-corrected chi connectivity index (χ2v) is 7.54. The lowest BCUT2D eigenvalue weighted by atomic mass is 10.1. The fraction of sp³-hybridized carbons (Fsp3) is 0.333. The largest absolute Gasteiger partial charge is 0.367 e. The first-order valence-corrected chi connectivity index (χ1v) is 9.97. The summed E-state index contributed by atoms with van der Waals surface area (Å²) >= 11 is 0. The maximum Gasteiger partial charge on any atom is 0.289 e. The summed E-state index contributed by atoms with van der Waals surface area (Å²) in [4.78, 5) is 28.5. The molecule has 2 atom stereocenters. The standard InChI is InChI=1S/C21H21N7O3/c1-13-8-18(31-27-13)21(30)24-11-14-2-3-15(9-14)25-19-6-5-17(12-23-19)28-20(29)7-4-16(10-22)26-28/h4-8,12,14-15H,2-3,9,11H2,1H3,(H,23,25)(H,24,30)/t14-,15+/m0/s1. The van der Waals surface area contributed by atoms with E-state index in [4.69, 9.17) is 9.78 Å².